The number of carbonyl (C=O) groups is 1. The van der Waals surface area contributed by atoms with Gasteiger partial charge >= 0.3 is 12.1 Å². The average molecular weight is 366 g/mol. The first-order chi connectivity index (χ1) is 9.76. The topological polar surface area (TPSA) is 38.3 Å². The third-order valence-electron chi connectivity index (χ3n) is 3.69. The summed E-state index contributed by atoms with van der Waals surface area (Å²) in [6.45, 7) is -1.21. The number of carbonyl (C=O) groups excluding carboxylic acids is 1. The molecule has 0 spiro atoms. The highest BCUT2D eigenvalue weighted by Gasteiger charge is 2.44. The molecule has 21 heavy (non-hydrogen) atoms. The monoisotopic (exact) mass is 365 g/mol. The Labute approximate surface area is 129 Å². The van der Waals surface area contributed by atoms with Gasteiger partial charge < -0.3 is 4.74 Å². The molecule has 1 atom stereocenters. The molecule has 0 fully saturated rings. The maximum Gasteiger partial charge on any atom is 0.401 e. The van der Waals surface area contributed by atoms with Crippen LogP contribution in [0.5, 0.6) is 0 Å². The molecular formula is C14H15BrF3NO2. The van der Waals surface area contributed by atoms with Gasteiger partial charge in [0.25, 0.3) is 0 Å². The van der Waals surface area contributed by atoms with E-state index in [1.807, 2.05) is 18.2 Å². The molecule has 1 aliphatic carbocycles. The number of nitrogens with one attached hydrogen (secondary N) is 1. The molecule has 2 rings (SSSR count). The molecule has 0 saturated heterocycles. The molecular weight excluding hydrogens is 351 g/mol. The van der Waals surface area contributed by atoms with Crippen molar-refractivity contribution in [3.05, 3.63) is 33.8 Å². The Hall–Kier alpha value is -1.08. The summed E-state index contributed by atoms with van der Waals surface area (Å²) in [5.41, 5.74) is 0.590. The van der Waals surface area contributed by atoms with Crippen LogP contribution in [0.2, 0.25) is 0 Å². The summed E-state index contributed by atoms with van der Waals surface area (Å²) in [7, 11) is 1.19. The van der Waals surface area contributed by atoms with Gasteiger partial charge in [0.2, 0.25) is 0 Å². The fourth-order valence-electron chi connectivity index (χ4n) is 2.62. The summed E-state index contributed by atoms with van der Waals surface area (Å²) in [5, 5.41) is 2.37. The Morgan fingerprint density at radius 1 is 1.43 bits per heavy atom. The minimum atomic E-state index is -4.37. The van der Waals surface area contributed by atoms with E-state index in [2.05, 4.69) is 21.2 Å². The normalized spacial score (nSPS) is 21.8. The van der Waals surface area contributed by atoms with Crippen LogP contribution < -0.4 is 5.32 Å². The lowest BCUT2D eigenvalue weighted by atomic mass is 9.78. The lowest BCUT2D eigenvalue weighted by Gasteiger charge is -2.36. The first-order valence-corrected chi connectivity index (χ1v) is 7.22. The van der Waals surface area contributed by atoms with Crippen molar-refractivity contribution in [2.45, 2.75) is 31.0 Å². The fraction of sp³-hybridized carbons (Fsp3) is 0.500. The zero-order valence-corrected chi connectivity index (χ0v) is 13.0. The van der Waals surface area contributed by atoms with Gasteiger partial charge in [0, 0.05) is 10.9 Å². The van der Waals surface area contributed by atoms with Crippen LogP contribution in [0.1, 0.15) is 17.5 Å². The third kappa shape index (κ3) is 3.77. The van der Waals surface area contributed by atoms with Crippen molar-refractivity contribution in [1.29, 1.82) is 0 Å². The summed E-state index contributed by atoms with van der Waals surface area (Å²) in [6.07, 6.45) is -3.38. The van der Waals surface area contributed by atoms with Crippen LogP contribution in [-0.2, 0) is 22.4 Å². The molecule has 0 aromatic heterocycles. The second-order valence-electron chi connectivity index (χ2n) is 5.13. The molecule has 0 radical (unpaired) electrons. The molecule has 0 saturated carbocycles. The van der Waals surface area contributed by atoms with Crippen LogP contribution in [-0.4, -0.2) is 31.3 Å². The van der Waals surface area contributed by atoms with E-state index in [9.17, 15) is 18.0 Å². The highest BCUT2D eigenvalue weighted by molar-refractivity contribution is 9.10. The summed E-state index contributed by atoms with van der Waals surface area (Å²) >= 11 is 3.36. The van der Waals surface area contributed by atoms with Gasteiger partial charge in [-0.1, -0.05) is 22.0 Å². The van der Waals surface area contributed by atoms with Crippen molar-refractivity contribution < 1.29 is 22.7 Å². The van der Waals surface area contributed by atoms with Gasteiger partial charge in [0.1, 0.15) is 5.54 Å². The highest BCUT2D eigenvalue weighted by Crippen LogP contribution is 2.32. The number of hydrogen-bond acceptors (Lipinski definition) is 3. The number of ether oxygens (including phenoxy) is 1. The van der Waals surface area contributed by atoms with E-state index in [0.29, 0.717) is 6.42 Å². The Morgan fingerprint density at radius 2 is 2.14 bits per heavy atom. The molecule has 1 aliphatic rings. The van der Waals surface area contributed by atoms with E-state index in [1.165, 1.54) is 7.11 Å². The van der Waals surface area contributed by atoms with Crippen molar-refractivity contribution in [2.75, 3.05) is 13.7 Å². The summed E-state index contributed by atoms with van der Waals surface area (Å²) in [6, 6.07) is 5.57. The number of aryl methyl sites for hydroxylation is 1. The predicted octanol–water partition coefficient (Wildman–Crippen LogP) is 3.00. The van der Waals surface area contributed by atoms with Crippen LogP contribution in [0.3, 0.4) is 0 Å². The molecule has 0 aliphatic heterocycles. The van der Waals surface area contributed by atoms with Gasteiger partial charge in [0.05, 0.1) is 13.7 Å². The number of rotatable bonds is 3. The number of hydrogen-bond donors (Lipinski definition) is 1. The third-order valence-corrected chi connectivity index (χ3v) is 4.18. The van der Waals surface area contributed by atoms with Crippen LogP contribution in [0.4, 0.5) is 13.2 Å². The Bertz CT molecular complexity index is 548. The molecule has 1 N–H and O–H groups in total. The van der Waals surface area contributed by atoms with E-state index in [0.717, 1.165) is 15.6 Å². The van der Waals surface area contributed by atoms with Gasteiger partial charge in [-0.05, 0) is 36.1 Å². The van der Waals surface area contributed by atoms with E-state index in [4.69, 9.17) is 4.74 Å². The van der Waals surface area contributed by atoms with Crippen LogP contribution in [0.15, 0.2) is 22.7 Å². The Morgan fingerprint density at radius 3 is 2.76 bits per heavy atom. The van der Waals surface area contributed by atoms with E-state index < -0.39 is 24.2 Å². The van der Waals surface area contributed by atoms with Gasteiger partial charge in [-0.15, -0.1) is 0 Å². The molecule has 116 valence electrons. The second kappa shape index (κ2) is 5.96. The van der Waals surface area contributed by atoms with Crippen molar-refractivity contribution in [3.8, 4) is 0 Å². The Balaban J connectivity index is 2.27. The largest absolute Gasteiger partial charge is 0.468 e. The van der Waals surface area contributed by atoms with Gasteiger partial charge in [0.15, 0.2) is 0 Å². The number of alkyl halides is 3. The van der Waals surface area contributed by atoms with Crippen molar-refractivity contribution in [2.24, 2.45) is 0 Å². The standard InChI is InChI=1S/C14H15BrF3NO2/c1-21-12(20)13(19-8-14(16,17)18)5-4-9-6-11(15)3-2-10(9)7-13/h2-3,6,19H,4-5,7-8H2,1H3. The summed E-state index contributed by atoms with van der Waals surface area (Å²) < 4.78 is 43.1. The summed E-state index contributed by atoms with van der Waals surface area (Å²) in [4.78, 5) is 12.0. The SMILES string of the molecule is COC(=O)C1(NCC(F)(F)F)CCc2cc(Br)ccc2C1. The zero-order valence-electron chi connectivity index (χ0n) is 11.4. The highest BCUT2D eigenvalue weighted by atomic mass is 79.9. The molecule has 0 amide bonds. The maximum atomic E-state index is 12.5. The van der Waals surface area contributed by atoms with Crippen LogP contribution in [0.25, 0.3) is 0 Å². The molecule has 1 unspecified atom stereocenters. The second-order valence-corrected chi connectivity index (χ2v) is 6.05. The van der Waals surface area contributed by atoms with Crippen molar-refractivity contribution in [3.63, 3.8) is 0 Å². The Kier molecular flexibility index (Phi) is 4.63. The van der Waals surface area contributed by atoms with Gasteiger partial charge in [-0.3, -0.25) is 10.1 Å². The molecule has 0 bridgehead atoms. The van der Waals surface area contributed by atoms with Crippen LogP contribution in [0, 0.1) is 0 Å². The summed E-state index contributed by atoms with van der Waals surface area (Å²) in [5.74, 6) is -0.652. The minimum Gasteiger partial charge on any atom is -0.468 e. The smallest absolute Gasteiger partial charge is 0.401 e. The molecule has 7 heteroatoms. The lowest BCUT2D eigenvalue weighted by Crippen LogP contribution is -2.58. The fourth-order valence-corrected chi connectivity index (χ4v) is 3.03. The molecule has 1 aromatic rings. The lowest BCUT2D eigenvalue weighted by molar-refractivity contribution is -0.154. The van der Waals surface area contributed by atoms with Crippen LogP contribution >= 0.6 is 15.9 Å². The van der Waals surface area contributed by atoms with E-state index >= 15 is 0 Å². The first kappa shape index (κ1) is 16.3. The number of halogens is 4. The molecule has 1 aromatic carbocycles. The maximum absolute atomic E-state index is 12.5. The zero-order chi connectivity index (χ0) is 15.7. The number of benzene rings is 1. The predicted molar refractivity (Wildman–Crippen MR) is 75.0 cm³/mol. The molecule has 3 nitrogen and oxygen atoms in total. The van der Waals surface area contributed by atoms with Crippen molar-refractivity contribution in [1.82, 2.24) is 5.32 Å². The number of methoxy groups -OCH3 is 1. The number of fused-ring (bicyclic) bond motifs is 1. The molecule has 0 heterocycles. The quantitative estimate of drug-likeness (QED) is 0.836. The van der Waals surface area contributed by atoms with Gasteiger partial charge in [-0.2, -0.15) is 13.2 Å². The van der Waals surface area contributed by atoms with Crippen molar-refractivity contribution >= 4 is 21.9 Å². The minimum absolute atomic E-state index is 0.193. The van der Waals surface area contributed by atoms with Gasteiger partial charge in [-0.25, -0.2) is 0 Å². The number of esters is 1. The van der Waals surface area contributed by atoms with E-state index in [-0.39, 0.29) is 12.8 Å². The first-order valence-electron chi connectivity index (χ1n) is 6.43. The average Bonchev–Trinajstić information content (AvgIpc) is 2.43. The van der Waals surface area contributed by atoms with E-state index in [1.54, 1.807) is 0 Å².